The highest BCUT2D eigenvalue weighted by molar-refractivity contribution is 9.11. The van der Waals surface area contributed by atoms with E-state index < -0.39 is 5.60 Å². The SMILES string of the molecule is CC(N)C(c1ccc(Br)s1)N1CCCC(C)(O)C1. The molecular formula is C13H21BrN2OS. The first-order valence-electron chi connectivity index (χ1n) is 6.36. The molecule has 0 aliphatic carbocycles. The molecule has 1 aliphatic heterocycles. The molecular weight excluding hydrogens is 312 g/mol. The molecule has 1 fully saturated rings. The fourth-order valence-corrected chi connectivity index (χ4v) is 4.43. The van der Waals surface area contributed by atoms with Crippen molar-refractivity contribution in [2.45, 2.75) is 44.4 Å². The number of thiophene rings is 1. The molecule has 0 amide bonds. The van der Waals surface area contributed by atoms with E-state index in [1.165, 1.54) is 4.88 Å². The standard InChI is InChI=1S/C13H21BrN2OS/c1-9(15)12(10-4-5-11(14)18-10)16-7-3-6-13(2,17)8-16/h4-5,9,12,17H,3,6-8,15H2,1-2H3. The van der Waals surface area contributed by atoms with Gasteiger partial charge in [0.05, 0.1) is 15.4 Å². The number of hydrogen-bond donors (Lipinski definition) is 2. The van der Waals surface area contributed by atoms with E-state index in [2.05, 4.69) is 33.0 Å². The molecule has 0 aromatic carbocycles. The van der Waals surface area contributed by atoms with Gasteiger partial charge in [-0.1, -0.05) is 0 Å². The van der Waals surface area contributed by atoms with Gasteiger partial charge in [0.1, 0.15) is 0 Å². The molecule has 0 bridgehead atoms. The van der Waals surface area contributed by atoms with Gasteiger partial charge in [-0.2, -0.15) is 0 Å². The molecule has 0 saturated carbocycles. The van der Waals surface area contributed by atoms with Crippen molar-refractivity contribution in [1.82, 2.24) is 4.90 Å². The van der Waals surface area contributed by atoms with E-state index in [1.807, 2.05) is 13.8 Å². The summed E-state index contributed by atoms with van der Waals surface area (Å²) in [4.78, 5) is 3.60. The Morgan fingerprint density at radius 3 is 2.78 bits per heavy atom. The number of piperidine rings is 1. The maximum Gasteiger partial charge on any atom is 0.0746 e. The normalized spacial score (nSPS) is 29.2. The molecule has 1 saturated heterocycles. The van der Waals surface area contributed by atoms with Gasteiger partial charge in [0.15, 0.2) is 0 Å². The molecule has 3 N–H and O–H groups in total. The Bertz CT molecular complexity index is 405. The third-order valence-corrected chi connectivity index (χ3v) is 5.18. The van der Waals surface area contributed by atoms with Gasteiger partial charge in [-0.25, -0.2) is 0 Å². The van der Waals surface area contributed by atoms with Crippen LogP contribution >= 0.6 is 27.3 Å². The van der Waals surface area contributed by atoms with Crippen LogP contribution in [0.5, 0.6) is 0 Å². The summed E-state index contributed by atoms with van der Waals surface area (Å²) in [5, 5.41) is 10.2. The highest BCUT2D eigenvalue weighted by atomic mass is 79.9. The van der Waals surface area contributed by atoms with Gasteiger partial charge in [0.2, 0.25) is 0 Å². The van der Waals surface area contributed by atoms with E-state index in [1.54, 1.807) is 11.3 Å². The number of likely N-dealkylation sites (tertiary alicyclic amines) is 1. The maximum absolute atomic E-state index is 10.2. The zero-order chi connectivity index (χ0) is 13.3. The first kappa shape index (κ1) is 14.5. The lowest BCUT2D eigenvalue weighted by Crippen LogP contribution is -2.50. The predicted octanol–water partition coefficient (Wildman–Crippen LogP) is 2.75. The number of rotatable bonds is 3. The topological polar surface area (TPSA) is 49.5 Å². The van der Waals surface area contributed by atoms with Crippen LogP contribution in [0.4, 0.5) is 0 Å². The van der Waals surface area contributed by atoms with Crippen LogP contribution in [0.2, 0.25) is 0 Å². The molecule has 3 unspecified atom stereocenters. The zero-order valence-corrected chi connectivity index (χ0v) is 13.3. The minimum absolute atomic E-state index is 0.0597. The number of nitrogens with two attached hydrogens (primary N) is 1. The van der Waals surface area contributed by atoms with Gasteiger partial charge in [-0.05, 0) is 61.3 Å². The molecule has 3 atom stereocenters. The molecule has 2 rings (SSSR count). The Balaban J connectivity index is 2.20. The Hall–Kier alpha value is 0.0600. The predicted molar refractivity (Wildman–Crippen MR) is 79.8 cm³/mol. The third-order valence-electron chi connectivity index (χ3n) is 3.48. The number of β-amino-alcohol motifs (C(OH)–C–C–N with tert-alkyl or cyclic N) is 1. The van der Waals surface area contributed by atoms with E-state index >= 15 is 0 Å². The van der Waals surface area contributed by atoms with Gasteiger partial charge in [0, 0.05) is 17.5 Å². The molecule has 18 heavy (non-hydrogen) atoms. The lowest BCUT2D eigenvalue weighted by atomic mass is 9.92. The van der Waals surface area contributed by atoms with Crippen molar-refractivity contribution in [2.24, 2.45) is 5.73 Å². The Labute approximate surface area is 121 Å². The van der Waals surface area contributed by atoms with Crippen LogP contribution in [-0.4, -0.2) is 34.7 Å². The number of hydrogen-bond acceptors (Lipinski definition) is 4. The first-order valence-corrected chi connectivity index (χ1v) is 7.97. The van der Waals surface area contributed by atoms with Crippen molar-refractivity contribution >= 4 is 27.3 Å². The van der Waals surface area contributed by atoms with Crippen molar-refractivity contribution in [3.8, 4) is 0 Å². The fourth-order valence-electron chi connectivity index (χ4n) is 2.75. The van der Waals surface area contributed by atoms with Gasteiger partial charge in [-0.15, -0.1) is 11.3 Å². The summed E-state index contributed by atoms with van der Waals surface area (Å²) in [6.07, 6.45) is 1.91. The summed E-state index contributed by atoms with van der Waals surface area (Å²) in [5.74, 6) is 0. The van der Waals surface area contributed by atoms with Crippen molar-refractivity contribution < 1.29 is 5.11 Å². The molecule has 1 aliphatic rings. The van der Waals surface area contributed by atoms with Crippen LogP contribution < -0.4 is 5.73 Å². The molecule has 0 radical (unpaired) electrons. The van der Waals surface area contributed by atoms with Gasteiger partial charge in [0.25, 0.3) is 0 Å². The third kappa shape index (κ3) is 3.33. The van der Waals surface area contributed by atoms with Crippen molar-refractivity contribution in [2.75, 3.05) is 13.1 Å². The Morgan fingerprint density at radius 2 is 2.28 bits per heavy atom. The summed E-state index contributed by atoms with van der Waals surface area (Å²) in [6.45, 7) is 5.68. The number of aliphatic hydroxyl groups is 1. The summed E-state index contributed by atoms with van der Waals surface area (Å²) >= 11 is 5.24. The van der Waals surface area contributed by atoms with Gasteiger partial charge >= 0.3 is 0 Å². The molecule has 0 spiro atoms. The van der Waals surface area contributed by atoms with Crippen LogP contribution in [0, 0.1) is 0 Å². The monoisotopic (exact) mass is 332 g/mol. The second-order valence-corrected chi connectivity index (χ2v) is 8.01. The maximum atomic E-state index is 10.2. The van der Waals surface area contributed by atoms with E-state index in [0.717, 1.165) is 23.2 Å². The van der Waals surface area contributed by atoms with E-state index in [9.17, 15) is 5.11 Å². The van der Waals surface area contributed by atoms with Crippen LogP contribution in [0.15, 0.2) is 15.9 Å². The van der Waals surface area contributed by atoms with E-state index in [0.29, 0.717) is 6.54 Å². The quantitative estimate of drug-likeness (QED) is 0.894. The van der Waals surface area contributed by atoms with Crippen molar-refractivity contribution in [3.05, 3.63) is 20.8 Å². The highest BCUT2D eigenvalue weighted by Gasteiger charge is 2.34. The van der Waals surface area contributed by atoms with E-state index in [-0.39, 0.29) is 12.1 Å². The summed E-state index contributed by atoms with van der Waals surface area (Å²) in [6, 6.07) is 4.46. The second kappa shape index (κ2) is 5.59. The molecule has 3 nitrogen and oxygen atoms in total. The molecule has 2 heterocycles. The molecule has 5 heteroatoms. The lowest BCUT2D eigenvalue weighted by molar-refractivity contribution is -0.0328. The zero-order valence-electron chi connectivity index (χ0n) is 10.9. The summed E-state index contributed by atoms with van der Waals surface area (Å²) < 4.78 is 1.13. The van der Waals surface area contributed by atoms with Gasteiger partial charge < -0.3 is 10.8 Å². The largest absolute Gasteiger partial charge is 0.389 e. The lowest BCUT2D eigenvalue weighted by Gasteiger charge is -2.42. The van der Waals surface area contributed by atoms with Crippen LogP contribution in [0.25, 0.3) is 0 Å². The molecule has 102 valence electrons. The minimum Gasteiger partial charge on any atom is -0.389 e. The molecule has 1 aromatic heterocycles. The minimum atomic E-state index is -0.583. The number of nitrogens with zero attached hydrogens (tertiary/aromatic N) is 1. The van der Waals surface area contributed by atoms with E-state index in [4.69, 9.17) is 5.73 Å². The van der Waals surface area contributed by atoms with Crippen molar-refractivity contribution in [1.29, 1.82) is 0 Å². The average Bonchev–Trinajstić information content (AvgIpc) is 2.63. The fraction of sp³-hybridized carbons (Fsp3) is 0.692. The smallest absolute Gasteiger partial charge is 0.0746 e. The first-order chi connectivity index (χ1) is 8.39. The Morgan fingerprint density at radius 1 is 1.56 bits per heavy atom. The van der Waals surface area contributed by atoms with Crippen LogP contribution in [0.1, 0.15) is 37.6 Å². The molecule has 1 aromatic rings. The Kier molecular flexibility index (Phi) is 4.49. The summed E-state index contributed by atoms with van der Waals surface area (Å²) in [5.41, 5.74) is 5.58. The van der Waals surface area contributed by atoms with Gasteiger partial charge in [-0.3, -0.25) is 4.90 Å². The van der Waals surface area contributed by atoms with Crippen LogP contribution in [-0.2, 0) is 0 Å². The van der Waals surface area contributed by atoms with Crippen LogP contribution in [0.3, 0.4) is 0 Å². The average molecular weight is 333 g/mol. The second-order valence-electron chi connectivity index (χ2n) is 5.52. The van der Waals surface area contributed by atoms with Crippen molar-refractivity contribution in [3.63, 3.8) is 0 Å². The summed E-state index contributed by atoms with van der Waals surface area (Å²) in [7, 11) is 0. The highest BCUT2D eigenvalue weighted by Crippen LogP contribution is 2.35. The number of halogens is 1.